The Morgan fingerprint density at radius 1 is 1.11 bits per heavy atom. The van der Waals surface area contributed by atoms with Gasteiger partial charge in [0.2, 0.25) is 0 Å². The number of carbonyl (C=O) groups excluding carboxylic acids is 1. The second-order valence-electron chi connectivity index (χ2n) is 6.47. The minimum atomic E-state index is 0.0208. The van der Waals surface area contributed by atoms with Crippen LogP contribution < -0.4 is 9.64 Å². The first kappa shape index (κ1) is 17.6. The maximum absolute atomic E-state index is 13.0. The zero-order valence-corrected chi connectivity index (χ0v) is 16.3. The summed E-state index contributed by atoms with van der Waals surface area (Å²) in [5, 5.41) is 0.830. The molecule has 1 aliphatic rings. The quantitative estimate of drug-likeness (QED) is 0.695. The summed E-state index contributed by atoms with van der Waals surface area (Å²) in [5.41, 5.74) is 1.69. The molecule has 0 spiro atoms. The Bertz CT molecular complexity index is 927. The zero-order chi connectivity index (χ0) is 18.8. The third-order valence-electron chi connectivity index (χ3n) is 4.80. The molecule has 27 heavy (non-hydrogen) atoms. The highest BCUT2D eigenvalue weighted by Crippen LogP contribution is 2.25. The number of hydrogen-bond donors (Lipinski definition) is 0. The van der Waals surface area contributed by atoms with Crippen LogP contribution in [0.15, 0.2) is 48.8 Å². The van der Waals surface area contributed by atoms with Gasteiger partial charge < -0.3 is 19.1 Å². The topological polar surface area (TPSA) is 50.6 Å². The van der Waals surface area contributed by atoms with Crippen LogP contribution >= 0.6 is 11.3 Å². The molecular weight excluding hydrogens is 360 g/mol. The number of amides is 1. The van der Waals surface area contributed by atoms with Gasteiger partial charge in [-0.1, -0.05) is 6.07 Å². The number of methoxy groups -OCH3 is 1. The van der Waals surface area contributed by atoms with Crippen LogP contribution in [0.25, 0.3) is 5.13 Å². The van der Waals surface area contributed by atoms with Crippen LogP contribution in [-0.4, -0.2) is 53.6 Å². The van der Waals surface area contributed by atoms with Crippen molar-refractivity contribution >= 4 is 22.9 Å². The summed E-state index contributed by atoms with van der Waals surface area (Å²) < 4.78 is 7.25. The van der Waals surface area contributed by atoms with Crippen LogP contribution in [0.1, 0.15) is 15.4 Å². The average Bonchev–Trinajstić information content (AvgIpc) is 3.37. The molecule has 2 aromatic heterocycles. The predicted octanol–water partition coefficient (Wildman–Crippen LogP) is 3.21. The Morgan fingerprint density at radius 2 is 1.85 bits per heavy atom. The van der Waals surface area contributed by atoms with Crippen LogP contribution in [0.3, 0.4) is 0 Å². The van der Waals surface area contributed by atoms with Crippen molar-refractivity contribution in [3.05, 3.63) is 59.4 Å². The van der Waals surface area contributed by atoms with Crippen molar-refractivity contribution in [3.8, 4) is 10.9 Å². The van der Waals surface area contributed by atoms with Gasteiger partial charge >= 0.3 is 0 Å². The standard InChI is InChI=1S/C20H22N4O2S/c1-15-18(21-20(27-15)24-8-3-4-9-24)19(25)23-12-10-22(11-13-23)16-6-5-7-17(14-16)26-2/h3-9,14H,10-13H2,1-2H3. The Hall–Kier alpha value is -2.80. The summed E-state index contributed by atoms with van der Waals surface area (Å²) >= 11 is 1.55. The molecule has 1 amide bonds. The maximum atomic E-state index is 13.0. The number of piperazine rings is 1. The molecule has 0 atom stereocenters. The van der Waals surface area contributed by atoms with E-state index >= 15 is 0 Å². The molecule has 3 aromatic rings. The van der Waals surface area contributed by atoms with Gasteiger partial charge in [-0.2, -0.15) is 0 Å². The Labute approximate surface area is 162 Å². The number of rotatable bonds is 4. The first-order valence-corrected chi connectivity index (χ1v) is 9.76. The molecule has 1 aliphatic heterocycles. The number of aromatic nitrogens is 2. The zero-order valence-electron chi connectivity index (χ0n) is 15.5. The van der Waals surface area contributed by atoms with Gasteiger partial charge in [0.15, 0.2) is 5.13 Å². The number of anilines is 1. The van der Waals surface area contributed by atoms with E-state index < -0.39 is 0 Å². The van der Waals surface area contributed by atoms with E-state index in [2.05, 4.69) is 16.0 Å². The van der Waals surface area contributed by atoms with Gasteiger partial charge in [-0.15, -0.1) is 11.3 Å². The van der Waals surface area contributed by atoms with Crippen molar-refractivity contribution < 1.29 is 9.53 Å². The number of carbonyl (C=O) groups is 1. The lowest BCUT2D eigenvalue weighted by Crippen LogP contribution is -2.49. The summed E-state index contributed by atoms with van der Waals surface area (Å²) in [6.07, 6.45) is 3.89. The molecule has 0 aliphatic carbocycles. The van der Waals surface area contributed by atoms with Crippen LogP contribution in [0.4, 0.5) is 5.69 Å². The molecule has 0 radical (unpaired) electrons. The monoisotopic (exact) mass is 382 g/mol. The van der Waals surface area contributed by atoms with Gasteiger partial charge in [0, 0.05) is 55.2 Å². The molecule has 140 valence electrons. The predicted molar refractivity (Wildman–Crippen MR) is 107 cm³/mol. The van der Waals surface area contributed by atoms with Crippen molar-refractivity contribution in [2.45, 2.75) is 6.92 Å². The second kappa shape index (κ2) is 7.44. The normalized spacial score (nSPS) is 14.4. The Balaban J connectivity index is 1.44. The van der Waals surface area contributed by atoms with E-state index in [9.17, 15) is 4.79 Å². The lowest BCUT2D eigenvalue weighted by molar-refractivity contribution is 0.0741. The summed E-state index contributed by atoms with van der Waals surface area (Å²) in [6.45, 7) is 4.93. The SMILES string of the molecule is COc1cccc(N2CCN(C(=O)c3nc(-n4cccc4)sc3C)CC2)c1. The van der Waals surface area contributed by atoms with Crippen LogP contribution in [0.5, 0.6) is 5.75 Å². The smallest absolute Gasteiger partial charge is 0.273 e. The minimum absolute atomic E-state index is 0.0208. The van der Waals surface area contributed by atoms with Crippen molar-refractivity contribution in [1.29, 1.82) is 0 Å². The molecule has 3 heterocycles. The highest BCUT2D eigenvalue weighted by molar-refractivity contribution is 7.14. The lowest BCUT2D eigenvalue weighted by Gasteiger charge is -2.36. The molecule has 7 heteroatoms. The van der Waals surface area contributed by atoms with E-state index in [-0.39, 0.29) is 5.91 Å². The average molecular weight is 382 g/mol. The third kappa shape index (κ3) is 3.55. The maximum Gasteiger partial charge on any atom is 0.273 e. The molecule has 1 saturated heterocycles. The molecular formula is C20H22N4O2S. The van der Waals surface area contributed by atoms with E-state index in [0.29, 0.717) is 18.8 Å². The van der Waals surface area contributed by atoms with Crippen molar-refractivity contribution in [1.82, 2.24) is 14.5 Å². The fourth-order valence-corrected chi connectivity index (χ4v) is 4.15. The van der Waals surface area contributed by atoms with E-state index in [1.807, 2.05) is 59.1 Å². The number of hydrogen-bond acceptors (Lipinski definition) is 5. The number of nitrogens with zero attached hydrogens (tertiary/aromatic N) is 4. The molecule has 1 aromatic carbocycles. The molecule has 0 unspecified atom stereocenters. The Kier molecular flexibility index (Phi) is 4.85. The fraction of sp³-hybridized carbons (Fsp3) is 0.300. The first-order valence-electron chi connectivity index (χ1n) is 8.95. The van der Waals surface area contributed by atoms with Crippen molar-refractivity contribution in [3.63, 3.8) is 0 Å². The Morgan fingerprint density at radius 3 is 2.56 bits per heavy atom. The van der Waals surface area contributed by atoms with Gasteiger partial charge in [-0.25, -0.2) is 4.98 Å². The molecule has 0 saturated carbocycles. The van der Waals surface area contributed by atoms with E-state index in [1.165, 1.54) is 0 Å². The number of aryl methyl sites for hydroxylation is 1. The molecule has 6 nitrogen and oxygen atoms in total. The van der Waals surface area contributed by atoms with Crippen LogP contribution in [0.2, 0.25) is 0 Å². The third-order valence-corrected chi connectivity index (χ3v) is 5.78. The molecule has 4 rings (SSSR count). The van der Waals surface area contributed by atoms with Crippen molar-refractivity contribution in [2.24, 2.45) is 0 Å². The number of thiazole rings is 1. The highest BCUT2D eigenvalue weighted by atomic mass is 32.1. The van der Waals surface area contributed by atoms with E-state index in [4.69, 9.17) is 4.74 Å². The summed E-state index contributed by atoms with van der Waals surface area (Å²) in [7, 11) is 1.67. The lowest BCUT2D eigenvalue weighted by atomic mass is 10.2. The fourth-order valence-electron chi connectivity index (χ4n) is 3.28. The van der Waals surface area contributed by atoms with Gasteiger partial charge in [0.1, 0.15) is 11.4 Å². The molecule has 1 fully saturated rings. The van der Waals surface area contributed by atoms with Crippen LogP contribution in [0, 0.1) is 6.92 Å². The van der Waals surface area contributed by atoms with Gasteiger partial charge in [-0.05, 0) is 31.2 Å². The summed E-state index contributed by atoms with van der Waals surface area (Å²) in [6, 6.07) is 12.0. The van der Waals surface area contributed by atoms with Gasteiger partial charge in [-0.3, -0.25) is 4.79 Å². The van der Waals surface area contributed by atoms with Gasteiger partial charge in [0.25, 0.3) is 5.91 Å². The largest absolute Gasteiger partial charge is 0.497 e. The van der Waals surface area contributed by atoms with Gasteiger partial charge in [0.05, 0.1) is 7.11 Å². The molecule has 0 bridgehead atoms. The number of benzene rings is 1. The van der Waals surface area contributed by atoms with Crippen molar-refractivity contribution in [2.75, 3.05) is 38.2 Å². The van der Waals surface area contributed by atoms with E-state index in [1.54, 1.807) is 18.4 Å². The van der Waals surface area contributed by atoms with E-state index in [0.717, 1.165) is 34.5 Å². The first-order chi connectivity index (χ1) is 13.2. The summed E-state index contributed by atoms with van der Waals surface area (Å²) in [5.74, 6) is 0.870. The minimum Gasteiger partial charge on any atom is -0.497 e. The van der Waals surface area contributed by atoms with Crippen LogP contribution in [-0.2, 0) is 0 Å². The summed E-state index contributed by atoms with van der Waals surface area (Å²) in [4.78, 5) is 22.7. The second-order valence-corrected chi connectivity index (χ2v) is 7.65. The number of ether oxygens (including phenoxy) is 1. The molecule has 0 N–H and O–H groups in total. The highest BCUT2D eigenvalue weighted by Gasteiger charge is 2.26.